The van der Waals surface area contributed by atoms with Crippen molar-refractivity contribution in [3.8, 4) is 0 Å². The number of nitrogens with zero attached hydrogens (tertiary/aromatic N) is 2. The number of sulfonamides is 1. The summed E-state index contributed by atoms with van der Waals surface area (Å²) in [6.45, 7) is -1.48. The van der Waals surface area contributed by atoms with Crippen molar-refractivity contribution in [2.75, 3.05) is 39.4 Å². The molecule has 1 amide bonds. The van der Waals surface area contributed by atoms with Crippen LogP contribution in [0.5, 0.6) is 0 Å². The number of halogens is 4. The molecule has 0 radical (unpaired) electrons. The third-order valence-corrected chi connectivity index (χ3v) is 6.77. The third-order valence-electron chi connectivity index (χ3n) is 4.40. The van der Waals surface area contributed by atoms with Crippen LogP contribution in [0.25, 0.3) is 0 Å². The summed E-state index contributed by atoms with van der Waals surface area (Å²) in [5, 5.41) is 0.0734. The molecule has 0 unspecified atom stereocenters. The lowest BCUT2D eigenvalue weighted by Crippen LogP contribution is -2.61. The summed E-state index contributed by atoms with van der Waals surface area (Å²) in [7, 11) is -3.91. The minimum Gasteiger partial charge on any atom is -0.366 e. The second-order valence-corrected chi connectivity index (χ2v) is 8.76. The number of benzene rings is 1. The fourth-order valence-electron chi connectivity index (χ4n) is 2.93. The lowest BCUT2D eigenvalue weighted by molar-refractivity contribution is -0.202. The molecule has 156 valence electrons. The number of amides is 1. The average molecular weight is 443 g/mol. The molecule has 12 heteroatoms. The van der Waals surface area contributed by atoms with Gasteiger partial charge in [0.1, 0.15) is 17.6 Å². The van der Waals surface area contributed by atoms with Crippen LogP contribution in [0.2, 0.25) is 5.02 Å². The van der Waals surface area contributed by atoms with Crippen LogP contribution in [-0.2, 0) is 24.3 Å². The summed E-state index contributed by atoms with van der Waals surface area (Å²) in [5.74, 6) is -0.481. The van der Waals surface area contributed by atoms with Crippen LogP contribution >= 0.6 is 11.6 Å². The molecule has 2 fully saturated rings. The molecule has 0 aliphatic carbocycles. The number of carbonyl (C=O) groups excluding carboxylic acids is 1. The lowest BCUT2D eigenvalue weighted by atomic mass is 10.1. The smallest absolute Gasteiger partial charge is 0.366 e. The number of carbonyl (C=O) groups is 1. The van der Waals surface area contributed by atoms with Crippen molar-refractivity contribution in [1.29, 1.82) is 0 Å². The van der Waals surface area contributed by atoms with Gasteiger partial charge < -0.3 is 14.4 Å². The normalized spacial score (nSPS) is 22.1. The second-order valence-electron chi connectivity index (χ2n) is 6.44. The SMILES string of the molecule is O=C([C@H]1CN(S(=O)(=O)c2ccccc2Cl)CCO1)N1CC(OCC(F)(F)F)C1. The van der Waals surface area contributed by atoms with Crippen molar-refractivity contribution in [3.05, 3.63) is 29.3 Å². The van der Waals surface area contributed by atoms with E-state index in [1.807, 2.05) is 0 Å². The minimum atomic E-state index is -4.43. The van der Waals surface area contributed by atoms with Crippen LogP contribution in [0.4, 0.5) is 13.2 Å². The van der Waals surface area contributed by atoms with Gasteiger partial charge in [-0.15, -0.1) is 0 Å². The molecule has 0 bridgehead atoms. The number of ether oxygens (including phenoxy) is 2. The number of hydrogen-bond donors (Lipinski definition) is 0. The Balaban J connectivity index is 1.58. The van der Waals surface area contributed by atoms with Crippen molar-refractivity contribution in [3.63, 3.8) is 0 Å². The summed E-state index contributed by atoms with van der Waals surface area (Å²) in [6.07, 6.45) is -6.16. The first-order valence-electron chi connectivity index (χ1n) is 8.41. The molecular weight excluding hydrogens is 425 g/mol. The van der Waals surface area contributed by atoms with Crippen molar-refractivity contribution < 1.29 is 35.9 Å². The van der Waals surface area contributed by atoms with E-state index in [0.29, 0.717) is 0 Å². The van der Waals surface area contributed by atoms with Gasteiger partial charge in [-0.05, 0) is 12.1 Å². The first kappa shape index (κ1) is 21.3. The molecule has 3 rings (SSSR count). The highest BCUT2D eigenvalue weighted by Gasteiger charge is 2.41. The highest BCUT2D eigenvalue weighted by Crippen LogP contribution is 2.26. The van der Waals surface area contributed by atoms with Gasteiger partial charge in [0.2, 0.25) is 10.0 Å². The van der Waals surface area contributed by atoms with E-state index in [-0.39, 0.29) is 42.7 Å². The predicted octanol–water partition coefficient (Wildman–Crippen LogP) is 1.52. The Morgan fingerprint density at radius 1 is 1.25 bits per heavy atom. The summed E-state index contributed by atoms with van der Waals surface area (Å²) in [5.41, 5.74) is 0. The molecule has 2 aliphatic rings. The maximum absolute atomic E-state index is 12.8. The van der Waals surface area contributed by atoms with Gasteiger partial charge in [0.05, 0.1) is 17.7 Å². The summed E-state index contributed by atoms with van der Waals surface area (Å²) in [6, 6.07) is 5.98. The maximum Gasteiger partial charge on any atom is 0.411 e. The van der Waals surface area contributed by atoms with E-state index >= 15 is 0 Å². The van der Waals surface area contributed by atoms with Gasteiger partial charge in [-0.1, -0.05) is 23.7 Å². The largest absolute Gasteiger partial charge is 0.411 e. The Kier molecular flexibility index (Phi) is 6.20. The molecule has 2 aliphatic heterocycles. The van der Waals surface area contributed by atoms with Crippen molar-refractivity contribution in [1.82, 2.24) is 9.21 Å². The van der Waals surface area contributed by atoms with Crippen LogP contribution in [0, 0.1) is 0 Å². The quantitative estimate of drug-likeness (QED) is 0.691. The predicted molar refractivity (Wildman–Crippen MR) is 92.3 cm³/mol. The van der Waals surface area contributed by atoms with Crippen LogP contribution < -0.4 is 0 Å². The number of likely N-dealkylation sites (tertiary alicyclic amines) is 1. The van der Waals surface area contributed by atoms with Gasteiger partial charge in [-0.3, -0.25) is 4.79 Å². The van der Waals surface area contributed by atoms with E-state index < -0.39 is 40.9 Å². The Labute approximate surface area is 165 Å². The van der Waals surface area contributed by atoms with Gasteiger partial charge in [-0.25, -0.2) is 8.42 Å². The number of alkyl halides is 3. The van der Waals surface area contributed by atoms with E-state index in [9.17, 15) is 26.4 Å². The molecule has 0 aromatic heterocycles. The Bertz CT molecular complexity index is 830. The maximum atomic E-state index is 12.8. The molecule has 2 saturated heterocycles. The van der Waals surface area contributed by atoms with Gasteiger partial charge in [0.15, 0.2) is 0 Å². The first-order chi connectivity index (χ1) is 13.1. The Morgan fingerprint density at radius 2 is 1.93 bits per heavy atom. The van der Waals surface area contributed by atoms with Gasteiger partial charge >= 0.3 is 6.18 Å². The molecular formula is C16H18ClF3N2O5S. The van der Waals surface area contributed by atoms with Crippen LogP contribution in [0.3, 0.4) is 0 Å². The van der Waals surface area contributed by atoms with E-state index in [1.165, 1.54) is 17.0 Å². The van der Waals surface area contributed by atoms with Crippen molar-refractivity contribution >= 4 is 27.5 Å². The first-order valence-corrected chi connectivity index (χ1v) is 10.2. The zero-order chi connectivity index (χ0) is 20.5. The van der Waals surface area contributed by atoms with Gasteiger partial charge in [0, 0.05) is 26.2 Å². The zero-order valence-electron chi connectivity index (χ0n) is 14.6. The fourth-order valence-corrected chi connectivity index (χ4v) is 4.84. The molecule has 7 nitrogen and oxygen atoms in total. The van der Waals surface area contributed by atoms with Crippen molar-refractivity contribution in [2.24, 2.45) is 0 Å². The highest BCUT2D eigenvalue weighted by atomic mass is 35.5. The number of rotatable bonds is 5. The number of hydrogen-bond acceptors (Lipinski definition) is 5. The van der Waals surface area contributed by atoms with Crippen LogP contribution in [0.15, 0.2) is 29.2 Å². The molecule has 1 aromatic rings. The molecule has 1 atom stereocenters. The Hall–Kier alpha value is -1.40. The monoisotopic (exact) mass is 442 g/mol. The van der Waals surface area contributed by atoms with Gasteiger partial charge in [0.25, 0.3) is 5.91 Å². The average Bonchev–Trinajstić information content (AvgIpc) is 2.59. The van der Waals surface area contributed by atoms with E-state index in [4.69, 9.17) is 16.3 Å². The van der Waals surface area contributed by atoms with Crippen LogP contribution in [0.1, 0.15) is 0 Å². The topological polar surface area (TPSA) is 76.2 Å². The van der Waals surface area contributed by atoms with Crippen LogP contribution in [-0.4, -0.2) is 81.3 Å². The standard InChI is InChI=1S/C16H18ClF3N2O5S/c17-12-3-1-2-4-14(12)28(24,25)22-5-6-26-13(9-22)15(23)21-7-11(8-21)27-10-16(18,19)20/h1-4,11,13H,5-10H2/t13-/m1/s1. The fraction of sp³-hybridized carbons (Fsp3) is 0.562. The van der Waals surface area contributed by atoms with Gasteiger partial charge in [-0.2, -0.15) is 17.5 Å². The highest BCUT2D eigenvalue weighted by molar-refractivity contribution is 7.89. The zero-order valence-corrected chi connectivity index (χ0v) is 16.1. The van der Waals surface area contributed by atoms with Crippen molar-refractivity contribution in [2.45, 2.75) is 23.3 Å². The van der Waals surface area contributed by atoms with E-state index in [1.54, 1.807) is 12.1 Å². The third kappa shape index (κ3) is 4.77. The number of morpholine rings is 1. The molecule has 28 heavy (non-hydrogen) atoms. The summed E-state index contributed by atoms with van der Waals surface area (Å²) in [4.78, 5) is 13.7. The Morgan fingerprint density at radius 3 is 2.57 bits per heavy atom. The van der Waals surface area contributed by atoms with E-state index in [2.05, 4.69) is 4.74 Å². The molecule has 0 N–H and O–H groups in total. The summed E-state index contributed by atoms with van der Waals surface area (Å²) < 4.78 is 73.2. The lowest BCUT2D eigenvalue weighted by Gasteiger charge is -2.42. The second kappa shape index (κ2) is 8.15. The molecule has 1 aromatic carbocycles. The molecule has 0 saturated carbocycles. The molecule has 2 heterocycles. The summed E-state index contributed by atoms with van der Waals surface area (Å²) >= 11 is 5.98. The van der Waals surface area contributed by atoms with E-state index in [0.717, 1.165) is 4.31 Å². The molecule has 0 spiro atoms. The minimum absolute atomic E-state index is 0.00599.